The molecule has 1 unspecified atom stereocenters. The lowest BCUT2D eigenvalue weighted by Crippen LogP contribution is -2.35. The normalized spacial score (nSPS) is 12.6. The lowest BCUT2D eigenvalue weighted by molar-refractivity contribution is 0.156. The van der Waals surface area contributed by atoms with Crippen LogP contribution in [0.15, 0.2) is 15.9 Å². The van der Waals surface area contributed by atoms with Gasteiger partial charge in [-0.2, -0.15) is 0 Å². The topological polar surface area (TPSA) is 92.9 Å². The Morgan fingerprint density at radius 2 is 1.41 bits per heavy atom. The number of aliphatic hydroxyl groups excluding tert-OH is 1. The second-order valence-corrected chi connectivity index (χ2v) is 9.06. The van der Waals surface area contributed by atoms with E-state index in [1.54, 1.807) is 13.3 Å². The third-order valence-electron chi connectivity index (χ3n) is 6.48. The molecule has 0 bridgehead atoms. The zero-order valence-corrected chi connectivity index (χ0v) is 20.3. The highest BCUT2D eigenvalue weighted by molar-refractivity contribution is 5.69. The number of hydrogen-bond donors (Lipinski definition) is 2. The van der Waals surface area contributed by atoms with E-state index in [-0.39, 0.29) is 11.7 Å². The minimum atomic E-state index is -0.390. The standard InChI is InChI=1S/C25H44N4O3/c1-3-21(30)18-16-14-12-10-8-6-5-7-9-11-13-15-17-19-28-20-26-23-22(28)24(31)29(4-2)25(32)27-23/h20-21,30H,3-19H2,1-2H3,(H,27,32). The Kier molecular flexibility index (Phi) is 12.4. The Labute approximate surface area is 192 Å². The van der Waals surface area contributed by atoms with Gasteiger partial charge in [-0.15, -0.1) is 0 Å². The Balaban J connectivity index is 1.48. The number of H-pyrrole nitrogens is 1. The predicted octanol–water partition coefficient (Wildman–Crippen LogP) is 5.14. The highest BCUT2D eigenvalue weighted by atomic mass is 16.3. The number of aliphatic hydroxyl groups is 1. The molecule has 2 heterocycles. The van der Waals surface area contributed by atoms with E-state index in [0.29, 0.717) is 17.7 Å². The molecule has 7 heteroatoms. The Morgan fingerprint density at radius 3 is 1.94 bits per heavy atom. The van der Waals surface area contributed by atoms with Crippen molar-refractivity contribution in [2.45, 2.75) is 129 Å². The maximum atomic E-state index is 12.5. The van der Waals surface area contributed by atoms with Crippen molar-refractivity contribution >= 4 is 11.2 Å². The number of unbranched alkanes of at least 4 members (excludes halogenated alkanes) is 12. The summed E-state index contributed by atoms with van der Waals surface area (Å²) >= 11 is 0. The van der Waals surface area contributed by atoms with Gasteiger partial charge in [-0.25, -0.2) is 9.78 Å². The van der Waals surface area contributed by atoms with Crippen molar-refractivity contribution in [1.82, 2.24) is 19.1 Å². The van der Waals surface area contributed by atoms with Crippen LogP contribution < -0.4 is 11.2 Å². The molecule has 0 aliphatic heterocycles. The molecule has 0 aromatic carbocycles. The number of rotatable bonds is 18. The third-order valence-corrected chi connectivity index (χ3v) is 6.48. The Bertz CT molecular complexity index is 883. The van der Waals surface area contributed by atoms with Crippen LogP contribution in [0.3, 0.4) is 0 Å². The fourth-order valence-corrected chi connectivity index (χ4v) is 4.35. The lowest BCUT2D eigenvalue weighted by atomic mass is 10.0. The van der Waals surface area contributed by atoms with Crippen molar-refractivity contribution in [3.05, 3.63) is 27.2 Å². The Hall–Kier alpha value is -1.89. The Morgan fingerprint density at radius 1 is 0.875 bits per heavy atom. The van der Waals surface area contributed by atoms with Gasteiger partial charge in [0.2, 0.25) is 0 Å². The van der Waals surface area contributed by atoms with Crippen molar-refractivity contribution in [3.63, 3.8) is 0 Å². The molecule has 2 N–H and O–H groups in total. The molecule has 2 rings (SSSR count). The fourth-order valence-electron chi connectivity index (χ4n) is 4.35. The van der Waals surface area contributed by atoms with Crippen LogP contribution in [0.25, 0.3) is 11.2 Å². The van der Waals surface area contributed by atoms with E-state index in [4.69, 9.17) is 0 Å². The first kappa shape index (κ1) is 26.4. The zero-order chi connectivity index (χ0) is 23.2. The van der Waals surface area contributed by atoms with E-state index < -0.39 is 5.69 Å². The van der Waals surface area contributed by atoms with E-state index in [1.807, 2.05) is 11.5 Å². The van der Waals surface area contributed by atoms with Crippen LogP contribution in [0.5, 0.6) is 0 Å². The van der Waals surface area contributed by atoms with Gasteiger partial charge in [0.1, 0.15) is 0 Å². The first-order valence-corrected chi connectivity index (χ1v) is 12.9. The number of fused-ring (bicyclic) bond motifs is 1. The zero-order valence-electron chi connectivity index (χ0n) is 20.3. The van der Waals surface area contributed by atoms with Crippen LogP contribution in [-0.2, 0) is 13.1 Å². The molecule has 0 fully saturated rings. The highest BCUT2D eigenvalue weighted by Crippen LogP contribution is 2.14. The SMILES string of the molecule is CCC(O)CCCCCCCCCCCCCCCn1cnc2[nH]c(=O)n(CC)c(=O)c21. The van der Waals surface area contributed by atoms with Gasteiger partial charge in [0, 0.05) is 13.1 Å². The summed E-state index contributed by atoms with van der Waals surface area (Å²) in [7, 11) is 0. The molecule has 2 aromatic heterocycles. The average molecular weight is 449 g/mol. The lowest BCUT2D eigenvalue weighted by Gasteiger charge is -2.07. The van der Waals surface area contributed by atoms with Gasteiger partial charge in [-0.05, 0) is 26.2 Å². The number of aromatic amines is 1. The van der Waals surface area contributed by atoms with Crippen molar-refractivity contribution < 1.29 is 5.11 Å². The van der Waals surface area contributed by atoms with Gasteiger partial charge in [-0.1, -0.05) is 84.0 Å². The number of imidazole rings is 1. The van der Waals surface area contributed by atoms with Gasteiger partial charge < -0.3 is 9.67 Å². The summed E-state index contributed by atoms with van der Waals surface area (Å²) < 4.78 is 3.10. The molecular weight excluding hydrogens is 404 g/mol. The predicted molar refractivity (Wildman–Crippen MR) is 131 cm³/mol. The van der Waals surface area contributed by atoms with Crippen LogP contribution in [0.1, 0.15) is 110 Å². The molecule has 0 radical (unpaired) electrons. The quantitative estimate of drug-likeness (QED) is 0.309. The largest absolute Gasteiger partial charge is 0.393 e. The third kappa shape index (κ3) is 8.57. The summed E-state index contributed by atoms with van der Waals surface area (Å²) in [5.41, 5.74) is 0.252. The number of hydrogen-bond acceptors (Lipinski definition) is 4. The molecule has 182 valence electrons. The summed E-state index contributed by atoms with van der Waals surface area (Å²) in [6.45, 7) is 4.97. The molecule has 0 saturated heterocycles. The van der Waals surface area contributed by atoms with E-state index in [9.17, 15) is 14.7 Å². The average Bonchev–Trinajstić information content (AvgIpc) is 3.19. The maximum absolute atomic E-state index is 12.5. The van der Waals surface area contributed by atoms with Gasteiger partial charge in [0.25, 0.3) is 5.56 Å². The van der Waals surface area contributed by atoms with Gasteiger partial charge in [0.05, 0.1) is 12.4 Å². The molecular formula is C25H44N4O3. The molecule has 0 saturated carbocycles. The van der Waals surface area contributed by atoms with Crippen molar-refractivity contribution in [3.8, 4) is 0 Å². The summed E-state index contributed by atoms with van der Waals surface area (Å²) in [6.07, 6.45) is 19.9. The molecule has 2 aromatic rings. The molecule has 0 spiro atoms. The molecule has 32 heavy (non-hydrogen) atoms. The molecule has 0 aliphatic carbocycles. The summed E-state index contributed by atoms with van der Waals surface area (Å²) in [5, 5.41) is 9.54. The van der Waals surface area contributed by atoms with E-state index in [1.165, 1.54) is 75.2 Å². The smallest absolute Gasteiger partial charge is 0.330 e. The van der Waals surface area contributed by atoms with E-state index >= 15 is 0 Å². The first-order chi connectivity index (χ1) is 15.6. The number of nitrogens with zero attached hydrogens (tertiary/aromatic N) is 3. The second-order valence-electron chi connectivity index (χ2n) is 9.06. The monoisotopic (exact) mass is 448 g/mol. The van der Waals surface area contributed by atoms with Crippen LogP contribution in [0, 0.1) is 0 Å². The second kappa shape index (κ2) is 15.0. The molecule has 7 nitrogen and oxygen atoms in total. The number of aryl methyl sites for hydroxylation is 1. The number of nitrogens with one attached hydrogen (secondary N) is 1. The van der Waals surface area contributed by atoms with Gasteiger partial charge >= 0.3 is 5.69 Å². The van der Waals surface area contributed by atoms with Gasteiger partial charge in [0.15, 0.2) is 11.2 Å². The van der Waals surface area contributed by atoms with Crippen LogP contribution >= 0.6 is 0 Å². The first-order valence-electron chi connectivity index (χ1n) is 12.9. The van der Waals surface area contributed by atoms with Gasteiger partial charge in [-0.3, -0.25) is 14.3 Å². The molecule has 0 aliphatic rings. The minimum absolute atomic E-state index is 0.0913. The van der Waals surface area contributed by atoms with E-state index in [2.05, 4.69) is 9.97 Å². The maximum Gasteiger partial charge on any atom is 0.330 e. The highest BCUT2D eigenvalue weighted by Gasteiger charge is 2.11. The minimum Gasteiger partial charge on any atom is -0.393 e. The van der Waals surface area contributed by atoms with Crippen LogP contribution in [0.4, 0.5) is 0 Å². The molecule has 1 atom stereocenters. The molecule has 0 amide bonds. The summed E-state index contributed by atoms with van der Waals surface area (Å²) in [6, 6.07) is 0. The van der Waals surface area contributed by atoms with Crippen molar-refractivity contribution in [2.75, 3.05) is 0 Å². The fraction of sp³-hybridized carbons (Fsp3) is 0.800. The number of aromatic nitrogens is 4. The van der Waals surface area contributed by atoms with Crippen LogP contribution in [-0.4, -0.2) is 30.3 Å². The van der Waals surface area contributed by atoms with E-state index in [0.717, 1.165) is 32.2 Å². The van der Waals surface area contributed by atoms with Crippen molar-refractivity contribution in [2.24, 2.45) is 0 Å². The summed E-state index contributed by atoms with van der Waals surface area (Å²) in [5.74, 6) is 0. The van der Waals surface area contributed by atoms with Crippen molar-refractivity contribution in [1.29, 1.82) is 0 Å². The summed E-state index contributed by atoms with van der Waals surface area (Å²) in [4.78, 5) is 31.3. The van der Waals surface area contributed by atoms with Crippen LogP contribution in [0.2, 0.25) is 0 Å².